The van der Waals surface area contributed by atoms with Crippen LogP contribution in [-0.2, 0) is 14.8 Å². The Morgan fingerprint density at radius 3 is 2.74 bits per heavy atom. The van der Waals surface area contributed by atoms with Gasteiger partial charge in [0.2, 0.25) is 10.0 Å². The summed E-state index contributed by atoms with van der Waals surface area (Å²) >= 11 is 0. The quantitative estimate of drug-likeness (QED) is 0.577. The standard InChI is InChI=1S/C14H21N3O5S/c1-10(2)16-23(20,21)12-5-6-13(14(8-12)17(18)19)15-9-11-4-3-7-22-11/h5-6,8,10-11,15-16H,3-4,7,9H2,1-2H3/t11-/m1/s1. The van der Waals surface area contributed by atoms with E-state index in [9.17, 15) is 18.5 Å². The Hall–Kier alpha value is -1.71. The summed E-state index contributed by atoms with van der Waals surface area (Å²) in [6, 6.07) is 3.55. The molecule has 1 aromatic carbocycles. The second-order valence-corrected chi connectivity index (χ2v) is 7.44. The van der Waals surface area contributed by atoms with E-state index in [1.807, 2.05) is 0 Å². The number of nitrogens with one attached hydrogen (secondary N) is 2. The number of rotatable bonds is 7. The zero-order valence-corrected chi connectivity index (χ0v) is 13.9. The summed E-state index contributed by atoms with van der Waals surface area (Å²) in [5.74, 6) is 0. The fourth-order valence-corrected chi connectivity index (χ4v) is 3.66. The summed E-state index contributed by atoms with van der Waals surface area (Å²) in [7, 11) is -3.77. The van der Waals surface area contributed by atoms with Crippen LogP contribution in [0.15, 0.2) is 23.1 Å². The first kappa shape index (κ1) is 17.6. The summed E-state index contributed by atoms with van der Waals surface area (Å²) < 4.78 is 32.1. The number of sulfonamides is 1. The van der Waals surface area contributed by atoms with Gasteiger partial charge >= 0.3 is 0 Å². The lowest BCUT2D eigenvalue weighted by atomic mass is 10.2. The first-order valence-corrected chi connectivity index (χ1v) is 8.94. The molecule has 0 unspecified atom stereocenters. The zero-order valence-electron chi connectivity index (χ0n) is 13.1. The van der Waals surface area contributed by atoms with Crippen molar-refractivity contribution in [2.75, 3.05) is 18.5 Å². The number of hydrogen-bond donors (Lipinski definition) is 2. The molecular weight excluding hydrogens is 322 g/mol. The van der Waals surface area contributed by atoms with E-state index in [0.717, 1.165) is 18.9 Å². The van der Waals surface area contributed by atoms with Crippen molar-refractivity contribution < 1.29 is 18.1 Å². The van der Waals surface area contributed by atoms with Crippen molar-refractivity contribution in [2.24, 2.45) is 0 Å². The number of hydrogen-bond acceptors (Lipinski definition) is 6. The molecule has 0 spiro atoms. The highest BCUT2D eigenvalue weighted by Crippen LogP contribution is 2.28. The van der Waals surface area contributed by atoms with Crippen molar-refractivity contribution in [2.45, 2.75) is 43.7 Å². The lowest BCUT2D eigenvalue weighted by molar-refractivity contribution is -0.384. The lowest BCUT2D eigenvalue weighted by Gasteiger charge is -2.13. The van der Waals surface area contributed by atoms with Gasteiger partial charge in [-0.2, -0.15) is 0 Å². The number of benzene rings is 1. The summed E-state index contributed by atoms with van der Waals surface area (Å²) in [5, 5.41) is 14.2. The van der Waals surface area contributed by atoms with Crippen molar-refractivity contribution >= 4 is 21.4 Å². The minimum absolute atomic E-state index is 0.0284. The Kier molecular flexibility index (Phi) is 5.55. The van der Waals surface area contributed by atoms with Crippen LogP contribution >= 0.6 is 0 Å². The number of anilines is 1. The molecule has 128 valence electrons. The molecule has 0 bridgehead atoms. The van der Waals surface area contributed by atoms with Gasteiger partial charge in [0.15, 0.2) is 0 Å². The molecule has 9 heteroatoms. The number of nitro groups is 1. The van der Waals surface area contributed by atoms with E-state index in [0.29, 0.717) is 13.2 Å². The van der Waals surface area contributed by atoms with Gasteiger partial charge in [0.25, 0.3) is 5.69 Å². The van der Waals surface area contributed by atoms with Gasteiger partial charge in [0.05, 0.1) is 15.9 Å². The Balaban J connectivity index is 2.22. The van der Waals surface area contributed by atoms with Crippen LogP contribution in [0.3, 0.4) is 0 Å². The molecule has 23 heavy (non-hydrogen) atoms. The van der Waals surface area contributed by atoms with Crippen molar-refractivity contribution in [1.82, 2.24) is 4.72 Å². The fraction of sp³-hybridized carbons (Fsp3) is 0.571. The summed E-state index contributed by atoms with van der Waals surface area (Å²) in [6.45, 7) is 4.52. The average molecular weight is 343 g/mol. The summed E-state index contributed by atoms with van der Waals surface area (Å²) in [5.41, 5.74) is 0.0172. The zero-order chi connectivity index (χ0) is 17.0. The summed E-state index contributed by atoms with van der Waals surface area (Å²) in [6.07, 6.45) is 1.92. The van der Waals surface area contributed by atoms with Gasteiger partial charge in [-0.1, -0.05) is 0 Å². The van der Waals surface area contributed by atoms with Crippen LogP contribution < -0.4 is 10.0 Å². The highest BCUT2D eigenvalue weighted by atomic mass is 32.2. The van der Waals surface area contributed by atoms with Gasteiger partial charge in [0, 0.05) is 25.3 Å². The predicted molar refractivity (Wildman–Crippen MR) is 86.0 cm³/mol. The molecule has 2 N–H and O–H groups in total. The Labute approximate surface area is 135 Å². The molecule has 1 heterocycles. The Morgan fingerprint density at radius 1 is 1.43 bits per heavy atom. The minimum atomic E-state index is -3.77. The largest absolute Gasteiger partial charge is 0.377 e. The van der Waals surface area contributed by atoms with E-state index >= 15 is 0 Å². The van der Waals surface area contributed by atoms with Gasteiger partial charge < -0.3 is 10.1 Å². The first-order valence-electron chi connectivity index (χ1n) is 7.46. The van der Waals surface area contributed by atoms with E-state index in [4.69, 9.17) is 4.74 Å². The maximum absolute atomic E-state index is 12.1. The number of nitro benzene ring substituents is 1. The van der Waals surface area contributed by atoms with Crippen molar-refractivity contribution in [3.05, 3.63) is 28.3 Å². The molecule has 1 aliphatic heterocycles. The van der Waals surface area contributed by atoms with Crippen LogP contribution in [0.1, 0.15) is 26.7 Å². The normalized spacial score (nSPS) is 18.3. The van der Waals surface area contributed by atoms with E-state index in [1.165, 1.54) is 12.1 Å². The molecule has 0 amide bonds. The topological polar surface area (TPSA) is 111 Å². The third-order valence-electron chi connectivity index (χ3n) is 3.41. The van der Waals surface area contributed by atoms with Crippen molar-refractivity contribution in [1.29, 1.82) is 0 Å². The third kappa shape index (κ3) is 4.63. The molecular formula is C14H21N3O5S. The smallest absolute Gasteiger partial charge is 0.293 e. The molecule has 0 aliphatic carbocycles. The number of nitrogens with zero attached hydrogens (tertiary/aromatic N) is 1. The van der Waals surface area contributed by atoms with E-state index in [-0.39, 0.29) is 28.4 Å². The molecule has 1 aliphatic rings. The highest BCUT2D eigenvalue weighted by Gasteiger charge is 2.23. The van der Waals surface area contributed by atoms with Crippen LogP contribution in [0.2, 0.25) is 0 Å². The third-order valence-corrected chi connectivity index (χ3v) is 5.07. The van der Waals surface area contributed by atoms with Gasteiger partial charge in [0.1, 0.15) is 5.69 Å². The Bertz CT molecular complexity index is 669. The van der Waals surface area contributed by atoms with E-state index in [1.54, 1.807) is 13.8 Å². The van der Waals surface area contributed by atoms with Gasteiger partial charge in [-0.3, -0.25) is 10.1 Å². The molecule has 1 fully saturated rings. The molecule has 2 rings (SSSR count). The second kappa shape index (κ2) is 7.24. The first-order chi connectivity index (χ1) is 10.8. The average Bonchev–Trinajstić information content (AvgIpc) is 2.96. The second-order valence-electron chi connectivity index (χ2n) is 5.73. The molecule has 1 saturated heterocycles. The summed E-state index contributed by atoms with van der Waals surface area (Å²) in [4.78, 5) is 10.5. The van der Waals surface area contributed by atoms with Crippen LogP contribution in [0.25, 0.3) is 0 Å². The van der Waals surface area contributed by atoms with Gasteiger partial charge in [-0.25, -0.2) is 13.1 Å². The maximum Gasteiger partial charge on any atom is 0.293 e. The van der Waals surface area contributed by atoms with Crippen LogP contribution in [0, 0.1) is 10.1 Å². The fourth-order valence-electron chi connectivity index (χ4n) is 2.39. The van der Waals surface area contributed by atoms with Crippen molar-refractivity contribution in [3.8, 4) is 0 Å². The monoisotopic (exact) mass is 343 g/mol. The van der Waals surface area contributed by atoms with E-state index in [2.05, 4.69) is 10.0 Å². The molecule has 0 radical (unpaired) electrons. The molecule has 0 saturated carbocycles. The van der Waals surface area contributed by atoms with E-state index < -0.39 is 14.9 Å². The van der Waals surface area contributed by atoms with Gasteiger partial charge in [-0.15, -0.1) is 0 Å². The van der Waals surface area contributed by atoms with Crippen molar-refractivity contribution in [3.63, 3.8) is 0 Å². The predicted octanol–water partition coefficient (Wildman–Crippen LogP) is 1.87. The SMILES string of the molecule is CC(C)NS(=O)(=O)c1ccc(NC[C@H]2CCCO2)c([N+](=O)[O-])c1. The van der Waals surface area contributed by atoms with Crippen LogP contribution in [-0.4, -0.2) is 38.6 Å². The van der Waals surface area contributed by atoms with Gasteiger partial charge in [-0.05, 0) is 38.8 Å². The Morgan fingerprint density at radius 2 is 2.17 bits per heavy atom. The van der Waals surface area contributed by atoms with Crippen LogP contribution in [0.4, 0.5) is 11.4 Å². The maximum atomic E-state index is 12.1. The van der Waals surface area contributed by atoms with Crippen LogP contribution in [0.5, 0.6) is 0 Å². The molecule has 8 nitrogen and oxygen atoms in total. The lowest BCUT2D eigenvalue weighted by Crippen LogP contribution is -2.30. The minimum Gasteiger partial charge on any atom is -0.377 e. The molecule has 1 atom stereocenters. The molecule has 0 aromatic heterocycles. The highest BCUT2D eigenvalue weighted by molar-refractivity contribution is 7.89. The number of ether oxygens (including phenoxy) is 1. The molecule has 1 aromatic rings.